The molecule has 2 aromatic heterocycles. The van der Waals surface area contributed by atoms with E-state index >= 15 is 0 Å². The molecule has 0 fully saturated rings. The lowest BCUT2D eigenvalue weighted by Gasteiger charge is -2.04. The van der Waals surface area contributed by atoms with Crippen LogP contribution in [-0.2, 0) is 6.54 Å². The Morgan fingerprint density at radius 1 is 1.35 bits per heavy atom. The minimum atomic E-state index is -0.279. The van der Waals surface area contributed by atoms with Gasteiger partial charge in [0.25, 0.3) is 5.91 Å². The lowest BCUT2D eigenvalue weighted by atomic mass is 10.3. The van der Waals surface area contributed by atoms with Gasteiger partial charge < -0.3 is 15.2 Å². The van der Waals surface area contributed by atoms with Crippen molar-refractivity contribution in [3.63, 3.8) is 0 Å². The Morgan fingerprint density at radius 3 is 2.94 bits per heavy atom. The first-order chi connectivity index (χ1) is 8.29. The second-order valence-electron chi connectivity index (χ2n) is 3.31. The van der Waals surface area contributed by atoms with Gasteiger partial charge in [0.2, 0.25) is 0 Å². The maximum Gasteiger partial charge on any atom is 0.270 e. The standard InChI is InChI=1S/C11H12N4O2/c12-15-10-5-1-4-9(14-10)11(16)13-7-8-3-2-6-17-8/h1-6H,7,12H2,(H,13,16)(H,14,15). The Hall–Kier alpha value is -2.34. The predicted molar refractivity (Wildman–Crippen MR) is 61.9 cm³/mol. The first-order valence-corrected chi connectivity index (χ1v) is 5.04. The molecule has 0 saturated heterocycles. The van der Waals surface area contributed by atoms with Crippen molar-refractivity contribution in [2.24, 2.45) is 5.84 Å². The normalized spacial score (nSPS) is 9.94. The molecule has 0 aromatic carbocycles. The van der Waals surface area contributed by atoms with Crippen molar-refractivity contribution in [2.75, 3.05) is 5.43 Å². The van der Waals surface area contributed by atoms with Gasteiger partial charge in [0.05, 0.1) is 12.8 Å². The van der Waals surface area contributed by atoms with E-state index in [1.807, 2.05) is 0 Å². The summed E-state index contributed by atoms with van der Waals surface area (Å²) in [6, 6.07) is 8.52. The number of hydrazine groups is 1. The third-order valence-corrected chi connectivity index (χ3v) is 2.13. The summed E-state index contributed by atoms with van der Waals surface area (Å²) < 4.78 is 5.10. The largest absolute Gasteiger partial charge is 0.467 e. The monoisotopic (exact) mass is 232 g/mol. The lowest BCUT2D eigenvalue weighted by Crippen LogP contribution is -2.24. The molecule has 0 radical (unpaired) electrons. The number of aromatic nitrogens is 1. The second-order valence-corrected chi connectivity index (χ2v) is 3.31. The molecule has 2 rings (SSSR count). The number of carbonyl (C=O) groups is 1. The van der Waals surface area contributed by atoms with Gasteiger partial charge in [-0.05, 0) is 24.3 Å². The summed E-state index contributed by atoms with van der Waals surface area (Å²) >= 11 is 0. The topological polar surface area (TPSA) is 93.2 Å². The zero-order valence-corrected chi connectivity index (χ0v) is 9.01. The number of amides is 1. The fourth-order valence-corrected chi connectivity index (χ4v) is 1.31. The smallest absolute Gasteiger partial charge is 0.270 e. The van der Waals surface area contributed by atoms with Crippen molar-refractivity contribution in [2.45, 2.75) is 6.54 Å². The van der Waals surface area contributed by atoms with E-state index in [9.17, 15) is 4.79 Å². The first-order valence-electron chi connectivity index (χ1n) is 5.04. The number of carbonyl (C=O) groups excluding carboxylic acids is 1. The predicted octanol–water partition coefficient (Wildman–Crippen LogP) is 0.890. The van der Waals surface area contributed by atoms with Crippen molar-refractivity contribution in [1.29, 1.82) is 0 Å². The molecule has 0 atom stereocenters. The van der Waals surface area contributed by atoms with Gasteiger partial charge in [-0.2, -0.15) is 0 Å². The number of nitrogens with one attached hydrogen (secondary N) is 2. The van der Waals surface area contributed by atoms with Crippen LogP contribution in [-0.4, -0.2) is 10.9 Å². The summed E-state index contributed by atoms with van der Waals surface area (Å²) in [6.07, 6.45) is 1.55. The number of rotatable bonds is 4. The summed E-state index contributed by atoms with van der Waals surface area (Å²) in [5.74, 6) is 6.06. The van der Waals surface area contributed by atoms with Crippen LogP contribution >= 0.6 is 0 Å². The Balaban J connectivity index is 1.99. The molecule has 6 nitrogen and oxygen atoms in total. The van der Waals surface area contributed by atoms with E-state index < -0.39 is 0 Å². The van der Waals surface area contributed by atoms with Crippen molar-refractivity contribution < 1.29 is 9.21 Å². The van der Waals surface area contributed by atoms with Crippen molar-refractivity contribution in [1.82, 2.24) is 10.3 Å². The highest BCUT2D eigenvalue weighted by molar-refractivity contribution is 5.92. The third kappa shape index (κ3) is 2.82. The molecule has 0 spiro atoms. The highest BCUT2D eigenvalue weighted by atomic mass is 16.3. The maximum atomic E-state index is 11.7. The number of hydrogen-bond acceptors (Lipinski definition) is 5. The van der Waals surface area contributed by atoms with Crippen LogP contribution in [0.15, 0.2) is 41.0 Å². The summed E-state index contributed by atoms with van der Waals surface area (Å²) in [4.78, 5) is 15.7. The molecule has 6 heteroatoms. The van der Waals surface area contributed by atoms with Crippen LogP contribution in [0.5, 0.6) is 0 Å². The van der Waals surface area contributed by atoms with E-state index in [0.717, 1.165) is 0 Å². The van der Waals surface area contributed by atoms with Crippen molar-refractivity contribution in [3.8, 4) is 0 Å². The zero-order valence-electron chi connectivity index (χ0n) is 9.01. The molecule has 1 amide bonds. The molecule has 0 bridgehead atoms. The van der Waals surface area contributed by atoms with E-state index in [2.05, 4.69) is 15.7 Å². The lowest BCUT2D eigenvalue weighted by molar-refractivity contribution is 0.0943. The van der Waals surface area contributed by atoms with Crippen molar-refractivity contribution >= 4 is 11.7 Å². The number of anilines is 1. The van der Waals surface area contributed by atoms with Crippen molar-refractivity contribution in [3.05, 3.63) is 48.0 Å². The minimum Gasteiger partial charge on any atom is -0.467 e. The van der Waals surface area contributed by atoms with Crippen LogP contribution < -0.4 is 16.6 Å². The third-order valence-electron chi connectivity index (χ3n) is 2.13. The molecule has 2 heterocycles. The number of pyridine rings is 1. The molecule has 88 valence electrons. The minimum absolute atomic E-state index is 0.279. The van der Waals surface area contributed by atoms with Gasteiger partial charge >= 0.3 is 0 Å². The fraction of sp³-hybridized carbons (Fsp3) is 0.0909. The van der Waals surface area contributed by atoms with Gasteiger partial charge in [-0.25, -0.2) is 10.8 Å². The molecule has 2 aromatic rings. The van der Waals surface area contributed by atoms with E-state index in [1.165, 1.54) is 0 Å². The molecule has 0 aliphatic heterocycles. The SMILES string of the molecule is NNc1cccc(C(=O)NCc2ccco2)n1. The van der Waals surface area contributed by atoms with E-state index in [0.29, 0.717) is 23.8 Å². The molecule has 0 saturated carbocycles. The number of nitrogens with two attached hydrogens (primary N) is 1. The molecule has 0 aliphatic rings. The van der Waals surface area contributed by atoms with Crippen LogP contribution in [0.4, 0.5) is 5.82 Å². The highest BCUT2D eigenvalue weighted by Crippen LogP contribution is 2.04. The number of hydrogen-bond donors (Lipinski definition) is 3. The number of nitrogens with zero attached hydrogens (tertiary/aromatic N) is 1. The summed E-state index contributed by atoms with van der Waals surface area (Å²) in [6.45, 7) is 0.327. The Morgan fingerprint density at radius 2 is 2.24 bits per heavy atom. The number of nitrogen functional groups attached to an aromatic ring is 1. The highest BCUT2D eigenvalue weighted by Gasteiger charge is 2.07. The number of furan rings is 1. The van der Waals surface area contributed by atoms with E-state index in [1.54, 1.807) is 36.6 Å². The summed E-state index contributed by atoms with van der Waals surface area (Å²) in [5.41, 5.74) is 2.68. The molecular formula is C11H12N4O2. The summed E-state index contributed by atoms with van der Waals surface area (Å²) in [7, 11) is 0. The van der Waals surface area contributed by atoms with Gasteiger partial charge in [0.1, 0.15) is 17.3 Å². The van der Waals surface area contributed by atoms with Crippen LogP contribution in [0, 0.1) is 0 Å². The van der Waals surface area contributed by atoms with Gasteiger partial charge in [-0.3, -0.25) is 4.79 Å². The second kappa shape index (κ2) is 5.13. The Labute approximate surface area is 97.8 Å². The molecule has 0 aliphatic carbocycles. The van der Waals surface area contributed by atoms with Gasteiger partial charge in [-0.15, -0.1) is 0 Å². The quantitative estimate of drug-likeness (QED) is 0.537. The van der Waals surface area contributed by atoms with Gasteiger partial charge in [0, 0.05) is 0 Å². The zero-order chi connectivity index (χ0) is 12.1. The molecule has 17 heavy (non-hydrogen) atoms. The average Bonchev–Trinajstić information content (AvgIpc) is 2.89. The molecule has 4 N–H and O–H groups in total. The van der Waals surface area contributed by atoms with Gasteiger partial charge in [-0.1, -0.05) is 6.07 Å². The van der Waals surface area contributed by atoms with E-state index in [4.69, 9.17) is 10.3 Å². The average molecular weight is 232 g/mol. The van der Waals surface area contributed by atoms with Crippen LogP contribution in [0.2, 0.25) is 0 Å². The first kappa shape index (κ1) is 11.2. The fourth-order valence-electron chi connectivity index (χ4n) is 1.31. The summed E-state index contributed by atoms with van der Waals surface area (Å²) in [5, 5.41) is 2.69. The maximum absolute atomic E-state index is 11.7. The van der Waals surface area contributed by atoms with Gasteiger partial charge in [0.15, 0.2) is 0 Å². The Kier molecular flexibility index (Phi) is 3.37. The molecule has 0 unspecified atom stereocenters. The van der Waals surface area contributed by atoms with Crippen LogP contribution in [0.1, 0.15) is 16.2 Å². The van der Waals surface area contributed by atoms with E-state index in [-0.39, 0.29) is 5.91 Å². The van der Waals surface area contributed by atoms with Crippen LogP contribution in [0.25, 0.3) is 0 Å². The van der Waals surface area contributed by atoms with Crippen LogP contribution in [0.3, 0.4) is 0 Å². The molecular weight excluding hydrogens is 220 g/mol. The Bertz CT molecular complexity index is 496.